The van der Waals surface area contributed by atoms with Crippen LogP contribution in [0, 0.1) is 0 Å². The second-order valence-electron chi connectivity index (χ2n) is 4.40. The van der Waals surface area contributed by atoms with Crippen molar-refractivity contribution in [2.45, 2.75) is 23.9 Å². The number of rotatable bonds is 6. The zero-order chi connectivity index (χ0) is 13.5. The monoisotopic (exact) mass is 382 g/mol. The third-order valence-corrected chi connectivity index (χ3v) is 4.10. The minimum atomic E-state index is 0.649. The topological polar surface area (TPSA) is 9.23 Å². The van der Waals surface area contributed by atoms with Gasteiger partial charge in [-0.05, 0) is 22.3 Å². The largest absolute Gasteiger partial charge is 0.372 e. The minimum Gasteiger partial charge on any atom is -0.372 e. The van der Waals surface area contributed by atoms with Crippen LogP contribution in [0.1, 0.15) is 22.3 Å². The summed E-state index contributed by atoms with van der Waals surface area (Å²) in [6.45, 7) is 1.30. The van der Waals surface area contributed by atoms with E-state index in [-0.39, 0.29) is 0 Å². The van der Waals surface area contributed by atoms with Crippen LogP contribution in [-0.4, -0.2) is 0 Å². The average molecular weight is 384 g/mol. The minimum absolute atomic E-state index is 0.649. The molecular formula is C16H16Br2O. The van der Waals surface area contributed by atoms with Gasteiger partial charge in [-0.1, -0.05) is 80.4 Å². The Morgan fingerprint density at radius 3 is 1.79 bits per heavy atom. The van der Waals surface area contributed by atoms with E-state index in [1.54, 1.807) is 0 Å². The molecule has 0 aromatic heterocycles. The van der Waals surface area contributed by atoms with E-state index in [1.807, 2.05) is 18.2 Å². The third-order valence-electron chi connectivity index (χ3n) is 2.80. The van der Waals surface area contributed by atoms with Crippen LogP contribution in [0.2, 0.25) is 0 Å². The molecule has 0 aliphatic carbocycles. The van der Waals surface area contributed by atoms with Gasteiger partial charge in [0, 0.05) is 10.7 Å². The summed E-state index contributed by atoms with van der Waals surface area (Å²) in [6, 6.07) is 16.8. The van der Waals surface area contributed by atoms with Gasteiger partial charge in [0.1, 0.15) is 0 Å². The third kappa shape index (κ3) is 4.75. The van der Waals surface area contributed by atoms with E-state index in [1.165, 1.54) is 22.3 Å². The maximum atomic E-state index is 5.77. The molecule has 19 heavy (non-hydrogen) atoms. The lowest BCUT2D eigenvalue weighted by Crippen LogP contribution is -1.96. The van der Waals surface area contributed by atoms with Gasteiger partial charge in [0.05, 0.1) is 13.2 Å². The molecule has 0 heterocycles. The van der Waals surface area contributed by atoms with Crippen LogP contribution in [0.4, 0.5) is 0 Å². The van der Waals surface area contributed by atoms with E-state index in [2.05, 4.69) is 62.2 Å². The molecule has 2 rings (SSSR count). The Balaban J connectivity index is 1.95. The number of alkyl halides is 2. The Bertz CT molecular complexity index is 489. The van der Waals surface area contributed by atoms with E-state index < -0.39 is 0 Å². The van der Waals surface area contributed by atoms with Gasteiger partial charge in [-0.25, -0.2) is 0 Å². The number of hydrogen-bond acceptors (Lipinski definition) is 1. The van der Waals surface area contributed by atoms with Crippen molar-refractivity contribution in [3.8, 4) is 0 Å². The quantitative estimate of drug-likeness (QED) is 0.623. The summed E-state index contributed by atoms with van der Waals surface area (Å²) in [5.74, 6) is 0. The zero-order valence-electron chi connectivity index (χ0n) is 10.6. The summed E-state index contributed by atoms with van der Waals surface area (Å²) < 4.78 is 5.77. The SMILES string of the molecule is BrCc1cc(CBr)cc(COCc2ccccc2)c1. The Hall–Kier alpha value is -0.640. The van der Waals surface area contributed by atoms with E-state index in [0.29, 0.717) is 13.2 Å². The smallest absolute Gasteiger partial charge is 0.0721 e. The molecule has 0 aliphatic heterocycles. The molecule has 1 nitrogen and oxygen atoms in total. The molecule has 0 amide bonds. The molecule has 0 aliphatic rings. The summed E-state index contributed by atoms with van der Waals surface area (Å²) in [5, 5.41) is 1.75. The molecule has 0 atom stereocenters. The second kappa shape index (κ2) is 7.83. The van der Waals surface area contributed by atoms with Crippen LogP contribution in [0.3, 0.4) is 0 Å². The van der Waals surface area contributed by atoms with Gasteiger partial charge in [-0.3, -0.25) is 0 Å². The van der Waals surface area contributed by atoms with Gasteiger partial charge >= 0.3 is 0 Å². The highest BCUT2D eigenvalue weighted by Crippen LogP contribution is 2.17. The lowest BCUT2D eigenvalue weighted by Gasteiger charge is -2.08. The lowest BCUT2D eigenvalue weighted by molar-refractivity contribution is 0.107. The molecule has 100 valence electrons. The van der Waals surface area contributed by atoms with Gasteiger partial charge in [0.25, 0.3) is 0 Å². The molecule has 0 fully saturated rings. The zero-order valence-corrected chi connectivity index (χ0v) is 13.8. The molecule has 0 radical (unpaired) electrons. The maximum absolute atomic E-state index is 5.77. The summed E-state index contributed by atoms with van der Waals surface area (Å²) in [4.78, 5) is 0. The van der Waals surface area contributed by atoms with E-state index in [0.717, 1.165) is 10.7 Å². The van der Waals surface area contributed by atoms with Crippen molar-refractivity contribution in [2.24, 2.45) is 0 Å². The van der Waals surface area contributed by atoms with E-state index in [4.69, 9.17) is 4.74 Å². The molecule has 0 spiro atoms. The first-order valence-electron chi connectivity index (χ1n) is 6.17. The fourth-order valence-electron chi connectivity index (χ4n) is 1.94. The number of hydrogen-bond donors (Lipinski definition) is 0. The van der Waals surface area contributed by atoms with Crippen LogP contribution < -0.4 is 0 Å². The van der Waals surface area contributed by atoms with Crippen molar-refractivity contribution < 1.29 is 4.74 Å². The normalized spacial score (nSPS) is 10.6. The lowest BCUT2D eigenvalue weighted by atomic mass is 10.1. The Morgan fingerprint density at radius 2 is 1.21 bits per heavy atom. The van der Waals surface area contributed by atoms with Crippen molar-refractivity contribution in [2.75, 3.05) is 0 Å². The molecule has 0 unspecified atom stereocenters. The van der Waals surface area contributed by atoms with Gasteiger partial charge in [-0.15, -0.1) is 0 Å². The highest BCUT2D eigenvalue weighted by atomic mass is 79.9. The van der Waals surface area contributed by atoms with Crippen LogP contribution >= 0.6 is 31.9 Å². The van der Waals surface area contributed by atoms with E-state index in [9.17, 15) is 0 Å². The highest BCUT2D eigenvalue weighted by Gasteiger charge is 2.01. The fourth-order valence-corrected chi connectivity index (χ4v) is 2.59. The van der Waals surface area contributed by atoms with Crippen LogP contribution in [-0.2, 0) is 28.6 Å². The van der Waals surface area contributed by atoms with Crippen molar-refractivity contribution in [1.82, 2.24) is 0 Å². The Kier molecular flexibility index (Phi) is 6.08. The molecule has 0 bridgehead atoms. The molecule has 0 saturated carbocycles. The predicted octanol–water partition coefficient (Wildman–Crippen LogP) is 5.19. The molecule has 0 saturated heterocycles. The van der Waals surface area contributed by atoms with Crippen molar-refractivity contribution in [3.05, 3.63) is 70.8 Å². The molecule has 3 heteroatoms. The predicted molar refractivity (Wildman–Crippen MR) is 86.6 cm³/mol. The van der Waals surface area contributed by atoms with Gasteiger partial charge in [0.2, 0.25) is 0 Å². The van der Waals surface area contributed by atoms with Gasteiger partial charge in [0.15, 0.2) is 0 Å². The standard InChI is InChI=1S/C16H16Br2O/c17-9-14-6-15(10-18)8-16(7-14)12-19-11-13-4-2-1-3-5-13/h1-8H,9-12H2. The van der Waals surface area contributed by atoms with E-state index >= 15 is 0 Å². The Labute approximate surface area is 131 Å². The summed E-state index contributed by atoms with van der Waals surface area (Å²) in [6.07, 6.45) is 0. The van der Waals surface area contributed by atoms with Crippen molar-refractivity contribution >= 4 is 31.9 Å². The Morgan fingerprint density at radius 1 is 0.684 bits per heavy atom. The van der Waals surface area contributed by atoms with Crippen molar-refractivity contribution in [1.29, 1.82) is 0 Å². The molecule has 2 aromatic rings. The molecule has 2 aromatic carbocycles. The fraction of sp³-hybridized carbons (Fsp3) is 0.250. The summed E-state index contributed by atoms with van der Waals surface area (Å²) in [7, 11) is 0. The number of ether oxygens (including phenoxy) is 1. The first-order valence-corrected chi connectivity index (χ1v) is 8.41. The van der Waals surface area contributed by atoms with Crippen LogP contribution in [0.15, 0.2) is 48.5 Å². The van der Waals surface area contributed by atoms with Crippen LogP contribution in [0.5, 0.6) is 0 Å². The second-order valence-corrected chi connectivity index (χ2v) is 5.52. The van der Waals surface area contributed by atoms with Gasteiger partial charge < -0.3 is 4.74 Å². The van der Waals surface area contributed by atoms with Gasteiger partial charge in [-0.2, -0.15) is 0 Å². The highest BCUT2D eigenvalue weighted by molar-refractivity contribution is 9.08. The molecular weight excluding hydrogens is 368 g/mol. The number of benzene rings is 2. The van der Waals surface area contributed by atoms with Crippen LogP contribution in [0.25, 0.3) is 0 Å². The van der Waals surface area contributed by atoms with Crippen molar-refractivity contribution in [3.63, 3.8) is 0 Å². The first-order chi connectivity index (χ1) is 9.31. The maximum Gasteiger partial charge on any atom is 0.0721 e. The average Bonchev–Trinajstić information content (AvgIpc) is 2.48. The summed E-state index contributed by atoms with van der Waals surface area (Å²) >= 11 is 7.01. The number of halogens is 2. The summed E-state index contributed by atoms with van der Waals surface area (Å²) in [5.41, 5.74) is 5.01. The first kappa shape index (κ1) is 14.8. The molecule has 0 N–H and O–H groups in total.